The standard InChI is InChI=1S/C16H16ClF2N3O3/c1-16(24-6-7-25-16)4-5-20-12-9-21-22(15(23)14(12)17)13-3-2-10(18)8-11(13)19/h2-3,8-9,20H,4-7H2,1H3. The highest BCUT2D eigenvalue weighted by atomic mass is 35.5. The Hall–Kier alpha value is -2.03. The van der Waals surface area contributed by atoms with E-state index < -0.39 is 23.0 Å². The SMILES string of the molecule is CC1(CCNc2cnn(-c3ccc(F)cc3F)c(=O)c2Cl)OCCO1. The van der Waals surface area contributed by atoms with E-state index in [4.69, 9.17) is 21.1 Å². The molecule has 0 radical (unpaired) electrons. The fourth-order valence-corrected chi connectivity index (χ4v) is 2.70. The van der Waals surface area contributed by atoms with E-state index in [0.29, 0.717) is 37.9 Å². The Morgan fingerprint density at radius 3 is 2.76 bits per heavy atom. The van der Waals surface area contributed by atoms with E-state index in [9.17, 15) is 13.6 Å². The van der Waals surface area contributed by atoms with Gasteiger partial charge in [0.25, 0.3) is 5.56 Å². The van der Waals surface area contributed by atoms with Gasteiger partial charge in [0.1, 0.15) is 16.5 Å². The highest BCUT2D eigenvalue weighted by molar-refractivity contribution is 6.32. The summed E-state index contributed by atoms with van der Waals surface area (Å²) >= 11 is 6.07. The van der Waals surface area contributed by atoms with Gasteiger partial charge in [-0.1, -0.05) is 11.6 Å². The summed E-state index contributed by atoms with van der Waals surface area (Å²) in [6.07, 6.45) is 1.85. The van der Waals surface area contributed by atoms with E-state index in [1.165, 1.54) is 6.20 Å². The Bertz CT molecular complexity index is 838. The second-order valence-corrected chi connectivity index (χ2v) is 6.07. The molecule has 0 bridgehead atoms. The lowest BCUT2D eigenvalue weighted by atomic mass is 10.2. The number of aromatic nitrogens is 2. The highest BCUT2D eigenvalue weighted by Crippen LogP contribution is 2.23. The summed E-state index contributed by atoms with van der Waals surface area (Å²) < 4.78 is 38.6. The number of anilines is 1. The quantitative estimate of drug-likeness (QED) is 0.875. The number of ether oxygens (including phenoxy) is 2. The third kappa shape index (κ3) is 3.81. The maximum absolute atomic E-state index is 13.8. The van der Waals surface area contributed by atoms with Crippen LogP contribution in [0.25, 0.3) is 5.69 Å². The highest BCUT2D eigenvalue weighted by Gasteiger charge is 2.30. The van der Waals surface area contributed by atoms with Gasteiger partial charge in [0.15, 0.2) is 11.6 Å². The van der Waals surface area contributed by atoms with Gasteiger partial charge in [-0.3, -0.25) is 4.79 Å². The fraction of sp³-hybridized carbons (Fsp3) is 0.375. The van der Waals surface area contributed by atoms with Crippen LogP contribution in [-0.2, 0) is 9.47 Å². The average molecular weight is 372 g/mol. The van der Waals surface area contributed by atoms with Crippen LogP contribution in [-0.4, -0.2) is 35.3 Å². The van der Waals surface area contributed by atoms with E-state index in [1.807, 2.05) is 6.92 Å². The van der Waals surface area contributed by atoms with Crippen LogP contribution in [0.3, 0.4) is 0 Å². The second-order valence-electron chi connectivity index (χ2n) is 5.69. The van der Waals surface area contributed by atoms with Crippen LogP contribution in [0.15, 0.2) is 29.2 Å². The van der Waals surface area contributed by atoms with Gasteiger partial charge >= 0.3 is 0 Å². The molecule has 3 rings (SSSR count). The van der Waals surface area contributed by atoms with E-state index in [-0.39, 0.29) is 10.7 Å². The van der Waals surface area contributed by atoms with Gasteiger partial charge in [-0.05, 0) is 19.1 Å². The Morgan fingerprint density at radius 2 is 2.08 bits per heavy atom. The number of rotatable bonds is 5. The molecule has 1 aliphatic heterocycles. The minimum atomic E-state index is -0.908. The first-order chi connectivity index (χ1) is 11.9. The molecule has 2 aromatic rings. The third-order valence-corrected chi connectivity index (χ3v) is 4.21. The number of benzene rings is 1. The smallest absolute Gasteiger partial charge is 0.292 e. The van der Waals surface area contributed by atoms with Gasteiger partial charge in [0, 0.05) is 19.0 Å². The first-order valence-corrected chi connectivity index (χ1v) is 8.02. The zero-order valence-electron chi connectivity index (χ0n) is 13.4. The van der Waals surface area contributed by atoms with Crippen LogP contribution in [0, 0.1) is 11.6 Å². The van der Waals surface area contributed by atoms with Crippen molar-refractivity contribution in [3.8, 4) is 5.69 Å². The molecule has 0 spiro atoms. The van der Waals surface area contributed by atoms with Gasteiger partial charge in [0.05, 0.1) is 25.1 Å². The maximum atomic E-state index is 13.8. The van der Waals surface area contributed by atoms with Crippen molar-refractivity contribution in [1.29, 1.82) is 0 Å². The molecule has 1 N–H and O–H groups in total. The summed E-state index contributed by atoms with van der Waals surface area (Å²) in [4.78, 5) is 12.3. The molecule has 2 heterocycles. The lowest BCUT2D eigenvalue weighted by molar-refractivity contribution is -0.144. The van der Waals surface area contributed by atoms with Crippen molar-refractivity contribution in [2.75, 3.05) is 25.1 Å². The number of halogens is 3. The van der Waals surface area contributed by atoms with E-state index >= 15 is 0 Å². The Balaban J connectivity index is 1.77. The minimum absolute atomic E-state index is 0.142. The lowest BCUT2D eigenvalue weighted by Gasteiger charge is -2.22. The Labute approximate surface area is 147 Å². The van der Waals surface area contributed by atoms with Crippen LogP contribution in [0.2, 0.25) is 5.02 Å². The monoisotopic (exact) mass is 371 g/mol. The minimum Gasteiger partial charge on any atom is -0.382 e. The van der Waals surface area contributed by atoms with E-state index in [0.717, 1.165) is 16.8 Å². The van der Waals surface area contributed by atoms with E-state index in [2.05, 4.69) is 10.4 Å². The first kappa shape index (κ1) is 17.8. The molecule has 0 unspecified atom stereocenters. The molecule has 134 valence electrons. The number of hydrogen-bond acceptors (Lipinski definition) is 5. The molecule has 6 nitrogen and oxygen atoms in total. The molecular formula is C16H16ClF2N3O3. The average Bonchev–Trinajstić information content (AvgIpc) is 2.99. The molecular weight excluding hydrogens is 356 g/mol. The van der Waals surface area contributed by atoms with Crippen LogP contribution in [0.4, 0.5) is 14.5 Å². The van der Waals surface area contributed by atoms with Crippen molar-refractivity contribution in [1.82, 2.24) is 9.78 Å². The van der Waals surface area contributed by atoms with Crippen molar-refractivity contribution >= 4 is 17.3 Å². The molecule has 1 fully saturated rings. The first-order valence-electron chi connectivity index (χ1n) is 7.65. The van der Waals surface area contributed by atoms with Crippen molar-refractivity contribution in [3.63, 3.8) is 0 Å². The molecule has 0 saturated carbocycles. The molecule has 0 aliphatic carbocycles. The van der Waals surface area contributed by atoms with Gasteiger partial charge in [-0.25, -0.2) is 8.78 Å². The molecule has 0 amide bonds. The van der Waals surface area contributed by atoms with Gasteiger partial charge in [-0.15, -0.1) is 0 Å². The van der Waals surface area contributed by atoms with Crippen molar-refractivity contribution < 1.29 is 18.3 Å². The largest absolute Gasteiger partial charge is 0.382 e. The maximum Gasteiger partial charge on any atom is 0.292 e. The van der Waals surface area contributed by atoms with Crippen LogP contribution < -0.4 is 10.9 Å². The van der Waals surface area contributed by atoms with Crippen molar-refractivity contribution in [2.45, 2.75) is 19.1 Å². The summed E-state index contributed by atoms with van der Waals surface area (Å²) in [5.41, 5.74) is -0.580. The second kappa shape index (κ2) is 7.07. The van der Waals surface area contributed by atoms with Gasteiger partial charge in [-0.2, -0.15) is 9.78 Å². The molecule has 25 heavy (non-hydrogen) atoms. The Morgan fingerprint density at radius 1 is 1.36 bits per heavy atom. The summed E-state index contributed by atoms with van der Waals surface area (Å²) in [6.45, 7) is 3.35. The van der Waals surface area contributed by atoms with Gasteiger partial charge in [0.2, 0.25) is 0 Å². The predicted octanol–water partition coefficient (Wildman–Crippen LogP) is 2.73. The zero-order chi connectivity index (χ0) is 18.0. The lowest BCUT2D eigenvalue weighted by Crippen LogP contribution is -2.29. The number of nitrogens with zero attached hydrogens (tertiary/aromatic N) is 2. The topological polar surface area (TPSA) is 65.4 Å². The summed E-state index contributed by atoms with van der Waals surface area (Å²) in [6, 6.07) is 2.83. The molecule has 1 aliphatic rings. The third-order valence-electron chi connectivity index (χ3n) is 3.85. The fourth-order valence-electron chi connectivity index (χ4n) is 2.51. The van der Waals surface area contributed by atoms with Crippen LogP contribution in [0.1, 0.15) is 13.3 Å². The summed E-state index contributed by atoms with van der Waals surface area (Å²) in [5, 5.41) is 6.75. The molecule has 1 saturated heterocycles. The van der Waals surface area contributed by atoms with Crippen LogP contribution >= 0.6 is 11.6 Å². The zero-order valence-corrected chi connectivity index (χ0v) is 14.1. The Kier molecular flexibility index (Phi) is 5.03. The van der Waals surface area contributed by atoms with E-state index in [1.54, 1.807) is 0 Å². The molecule has 1 aromatic heterocycles. The summed E-state index contributed by atoms with van der Waals surface area (Å²) in [7, 11) is 0. The molecule has 9 heteroatoms. The molecule has 1 aromatic carbocycles. The van der Waals surface area contributed by atoms with Crippen molar-refractivity contribution in [3.05, 3.63) is 51.4 Å². The summed E-state index contributed by atoms with van der Waals surface area (Å²) in [5.74, 6) is -2.32. The molecule has 0 atom stereocenters. The normalized spacial score (nSPS) is 16.2. The van der Waals surface area contributed by atoms with Crippen molar-refractivity contribution in [2.24, 2.45) is 0 Å². The predicted molar refractivity (Wildman–Crippen MR) is 88.2 cm³/mol. The number of hydrogen-bond donors (Lipinski definition) is 1. The van der Waals surface area contributed by atoms with Gasteiger partial charge < -0.3 is 14.8 Å². The van der Waals surface area contributed by atoms with Crippen LogP contribution in [0.5, 0.6) is 0 Å². The number of nitrogens with one attached hydrogen (secondary N) is 1.